The molecule has 0 radical (unpaired) electrons. The first kappa shape index (κ1) is 14.3. The van der Waals surface area contributed by atoms with Crippen LogP contribution in [0.3, 0.4) is 0 Å². The molecule has 0 atom stereocenters. The Hall–Kier alpha value is -1.07. The fourth-order valence-electron chi connectivity index (χ4n) is 2.58. The molecule has 0 bridgehead atoms. The van der Waals surface area contributed by atoms with E-state index in [0.29, 0.717) is 18.9 Å². The van der Waals surface area contributed by atoms with E-state index in [1.165, 1.54) is 12.8 Å². The summed E-state index contributed by atoms with van der Waals surface area (Å²) in [5.41, 5.74) is 7.43. The molecule has 0 unspecified atom stereocenters. The molecular weight excluding hydrogens is 260 g/mol. The van der Waals surface area contributed by atoms with Gasteiger partial charge in [-0.05, 0) is 42.9 Å². The van der Waals surface area contributed by atoms with Gasteiger partial charge in [0.25, 0.3) is 0 Å². The van der Waals surface area contributed by atoms with Crippen LogP contribution in [-0.4, -0.2) is 20.7 Å². The van der Waals surface area contributed by atoms with Crippen LogP contribution >= 0.6 is 0 Å². The molecule has 106 valence electrons. The van der Waals surface area contributed by atoms with Crippen molar-refractivity contribution < 1.29 is 8.42 Å². The monoisotopic (exact) mass is 282 g/mol. The van der Waals surface area contributed by atoms with Crippen LogP contribution in [-0.2, 0) is 16.4 Å². The van der Waals surface area contributed by atoms with Gasteiger partial charge in [0.15, 0.2) is 0 Å². The van der Waals surface area contributed by atoms with Gasteiger partial charge in [0.05, 0.1) is 5.75 Å². The minimum atomic E-state index is -3.12. The first-order valence-electron chi connectivity index (χ1n) is 6.87. The van der Waals surface area contributed by atoms with E-state index in [2.05, 4.69) is 4.72 Å². The summed E-state index contributed by atoms with van der Waals surface area (Å²) in [6.07, 6.45) is 5.15. The molecule has 0 aliphatic heterocycles. The van der Waals surface area contributed by atoms with Crippen LogP contribution in [0.25, 0.3) is 0 Å². The summed E-state index contributed by atoms with van der Waals surface area (Å²) in [5.74, 6) is 0.642. The molecule has 0 saturated heterocycles. The van der Waals surface area contributed by atoms with Crippen LogP contribution in [0.15, 0.2) is 24.3 Å². The highest BCUT2D eigenvalue weighted by Gasteiger charge is 2.21. The van der Waals surface area contributed by atoms with Crippen LogP contribution in [0.2, 0.25) is 0 Å². The van der Waals surface area contributed by atoms with E-state index in [-0.39, 0.29) is 5.75 Å². The van der Waals surface area contributed by atoms with Crippen LogP contribution in [0.5, 0.6) is 0 Å². The maximum Gasteiger partial charge on any atom is 0.211 e. The van der Waals surface area contributed by atoms with Gasteiger partial charge in [-0.3, -0.25) is 0 Å². The Labute approximate surface area is 115 Å². The summed E-state index contributed by atoms with van der Waals surface area (Å²) in [4.78, 5) is 0. The third kappa shape index (κ3) is 4.84. The molecule has 19 heavy (non-hydrogen) atoms. The van der Waals surface area contributed by atoms with Crippen molar-refractivity contribution in [2.45, 2.75) is 32.1 Å². The topological polar surface area (TPSA) is 72.2 Å². The third-order valence-electron chi connectivity index (χ3n) is 3.65. The molecule has 0 heterocycles. The lowest BCUT2D eigenvalue weighted by Crippen LogP contribution is -2.30. The second-order valence-electron chi connectivity index (χ2n) is 5.32. The van der Waals surface area contributed by atoms with Crippen LogP contribution in [0.1, 0.15) is 31.2 Å². The smallest absolute Gasteiger partial charge is 0.211 e. The predicted octanol–water partition coefficient (Wildman–Crippen LogP) is 1.92. The lowest BCUT2D eigenvalue weighted by atomic mass is 10.1. The van der Waals surface area contributed by atoms with Gasteiger partial charge in [-0.15, -0.1) is 0 Å². The van der Waals surface area contributed by atoms with Gasteiger partial charge in [0.2, 0.25) is 10.0 Å². The van der Waals surface area contributed by atoms with Crippen molar-refractivity contribution in [2.24, 2.45) is 5.92 Å². The Morgan fingerprint density at radius 3 is 2.42 bits per heavy atom. The summed E-state index contributed by atoms with van der Waals surface area (Å²) in [6, 6.07) is 7.53. The van der Waals surface area contributed by atoms with E-state index >= 15 is 0 Å². The summed E-state index contributed by atoms with van der Waals surface area (Å²) < 4.78 is 26.5. The van der Waals surface area contributed by atoms with Gasteiger partial charge in [-0.2, -0.15) is 0 Å². The molecule has 1 aliphatic carbocycles. The molecule has 1 aromatic rings. The fourth-order valence-corrected chi connectivity index (χ4v) is 4.07. The Bertz CT molecular complexity index is 491. The molecule has 1 aromatic carbocycles. The molecule has 2 rings (SSSR count). The van der Waals surface area contributed by atoms with E-state index < -0.39 is 10.0 Å². The third-order valence-corrected chi connectivity index (χ3v) is 5.20. The first-order valence-corrected chi connectivity index (χ1v) is 8.52. The minimum Gasteiger partial charge on any atom is -0.399 e. The van der Waals surface area contributed by atoms with Crippen LogP contribution in [0.4, 0.5) is 5.69 Å². The molecule has 1 saturated carbocycles. The molecular formula is C14H22N2O2S. The van der Waals surface area contributed by atoms with Crippen LogP contribution in [0, 0.1) is 5.92 Å². The Morgan fingerprint density at radius 1 is 1.16 bits per heavy atom. The number of anilines is 1. The SMILES string of the molecule is Nc1ccc(CCNS(=O)(=O)CC2CCCC2)cc1. The van der Waals surface area contributed by atoms with Crippen molar-refractivity contribution in [3.05, 3.63) is 29.8 Å². The Balaban J connectivity index is 1.76. The number of nitrogens with two attached hydrogens (primary N) is 1. The highest BCUT2D eigenvalue weighted by atomic mass is 32.2. The molecule has 3 N–H and O–H groups in total. The first-order chi connectivity index (χ1) is 9.05. The maximum absolute atomic E-state index is 11.9. The number of nitrogen functional groups attached to an aromatic ring is 1. The van der Waals surface area contributed by atoms with E-state index in [1.807, 2.05) is 24.3 Å². The number of hydrogen-bond acceptors (Lipinski definition) is 3. The molecule has 0 aromatic heterocycles. The number of nitrogens with one attached hydrogen (secondary N) is 1. The maximum atomic E-state index is 11.9. The highest BCUT2D eigenvalue weighted by molar-refractivity contribution is 7.89. The van der Waals surface area contributed by atoms with Gasteiger partial charge >= 0.3 is 0 Å². The van der Waals surface area contributed by atoms with E-state index in [1.54, 1.807) is 0 Å². The fraction of sp³-hybridized carbons (Fsp3) is 0.571. The van der Waals surface area contributed by atoms with E-state index in [0.717, 1.165) is 24.1 Å². The normalized spacial score (nSPS) is 16.8. The highest BCUT2D eigenvalue weighted by Crippen LogP contribution is 2.25. The van der Waals surface area contributed by atoms with Gasteiger partial charge in [0.1, 0.15) is 0 Å². The van der Waals surface area contributed by atoms with Crippen molar-refractivity contribution >= 4 is 15.7 Å². The zero-order chi connectivity index (χ0) is 13.7. The van der Waals surface area contributed by atoms with Crippen molar-refractivity contribution in [3.63, 3.8) is 0 Å². The second-order valence-corrected chi connectivity index (χ2v) is 7.17. The molecule has 4 nitrogen and oxygen atoms in total. The average Bonchev–Trinajstić information content (AvgIpc) is 2.83. The van der Waals surface area contributed by atoms with Crippen LogP contribution < -0.4 is 10.5 Å². The van der Waals surface area contributed by atoms with Crippen molar-refractivity contribution in [1.82, 2.24) is 4.72 Å². The summed E-state index contributed by atoms with van der Waals surface area (Å²) in [5, 5.41) is 0. The largest absolute Gasteiger partial charge is 0.399 e. The van der Waals surface area contributed by atoms with Crippen molar-refractivity contribution in [2.75, 3.05) is 18.0 Å². The summed E-state index contributed by atoms with van der Waals surface area (Å²) in [6.45, 7) is 0.457. The summed E-state index contributed by atoms with van der Waals surface area (Å²) in [7, 11) is -3.12. The van der Waals surface area contributed by atoms with E-state index in [4.69, 9.17) is 5.73 Å². The average molecular weight is 282 g/mol. The Kier molecular flexibility index (Phi) is 4.82. The quantitative estimate of drug-likeness (QED) is 0.783. The molecule has 5 heteroatoms. The number of benzene rings is 1. The molecule has 0 amide bonds. The zero-order valence-corrected chi connectivity index (χ0v) is 12.0. The molecule has 1 fully saturated rings. The molecule has 1 aliphatic rings. The standard InChI is InChI=1S/C14H22N2O2S/c15-14-7-5-12(6-8-14)9-10-16-19(17,18)11-13-3-1-2-4-13/h5-8,13,16H,1-4,9-11,15H2. The number of sulfonamides is 1. The number of hydrogen-bond donors (Lipinski definition) is 2. The minimum absolute atomic E-state index is 0.286. The summed E-state index contributed by atoms with van der Waals surface area (Å²) >= 11 is 0. The molecule has 0 spiro atoms. The number of rotatable bonds is 6. The van der Waals surface area contributed by atoms with Gasteiger partial charge in [0, 0.05) is 12.2 Å². The van der Waals surface area contributed by atoms with Gasteiger partial charge in [-0.1, -0.05) is 25.0 Å². The van der Waals surface area contributed by atoms with E-state index in [9.17, 15) is 8.42 Å². The van der Waals surface area contributed by atoms with Gasteiger partial charge < -0.3 is 5.73 Å². The van der Waals surface area contributed by atoms with Crippen molar-refractivity contribution in [1.29, 1.82) is 0 Å². The lowest BCUT2D eigenvalue weighted by molar-refractivity contribution is 0.547. The lowest BCUT2D eigenvalue weighted by Gasteiger charge is -2.11. The Morgan fingerprint density at radius 2 is 1.79 bits per heavy atom. The van der Waals surface area contributed by atoms with Crippen molar-refractivity contribution in [3.8, 4) is 0 Å². The second kappa shape index (κ2) is 6.39. The zero-order valence-electron chi connectivity index (χ0n) is 11.1. The predicted molar refractivity (Wildman–Crippen MR) is 78.3 cm³/mol. The van der Waals surface area contributed by atoms with Gasteiger partial charge in [-0.25, -0.2) is 13.1 Å².